The van der Waals surface area contributed by atoms with Crippen molar-refractivity contribution in [2.45, 2.75) is 52.1 Å². The smallest absolute Gasteiger partial charge is 0.261 e. The summed E-state index contributed by atoms with van der Waals surface area (Å²) in [5, 5.41) is 0. The lowest BCUT2D eigenvalue weighted by Crippen LogP contribution is -2.32. The molecule has 1 aliphatic heterocycles. The predicted molar refractivity (Wildman–Crippen MR) is 111 cm³/mol. The van der Waals surface area contributed by atoms with E-state index in [0.717, 1.165) is 31.2 Å². The Kier molecular flexibility index (Phi) is 5.22. The van der Waals surface area contributed by atoms with E-state index in [1.165, 1.54) is 10.5 Å². The fraction of sp³-hybridized carbons (Fsp3) is 0.375. The fourth-order valence-electron chi connectivity index (χ4n) is 3.75. The van der Waals surface area contributed by atoms with E-state index in [1.807, 2.05) is 18.7 Å². The van der Waals surface area contributed by atoms with Crippen LogP contribution < -0.4 is 0 Å². The molecular formula is C24H26N2O3. The van der Waals surface area contributed by atoms with Crippen LogP contribution in [0.3, 0.4) is 0 Å². The molecule has 0 spiro atoms. The number of aryl methyl sites for hydroxylation is 1. The summed E-state index contributed by atoms with van der Waals surface area (Å²) in [6, 6.07) is 13.4. The van der Waals surface area contributed by atoms with Crippen LogP contribution in [-0.4, -0.2) is 40.1 Å². The minimum absolute atomic E-state index is 0.0804. The number of hydrogen-bond donors (Lipinski definition) is 0. The summed E-state index contributed by atoms with van der Waals surface area (Å²) in [4.78, 5) is 41.7. The van der Waals surface area contributed by atoms with Gasteiger partial charge in [-0.15, -0.1) is 0 Å². The molecule has 150 valence electrons. The van der Waals surface area contributed by atoms with Crippen LogP contribution in [-0.2, 0) is 6.54 Å². The van der Waals surface area contributed by atoms with E-state index < -0.39 is 0 Å². The van der Waals surface area contributed by atoms with Gasteiger partial charge in [0.25, 0.3) is 17.7 Å². The Morgan fingerprint density at radius 1 is 1.03 bits per heavy atom. The van der Waals surface area contributed by atoms with Crippen LogP contribution in [0.1, 0.15) is 74.8 Å². The van der Waals surface area contributed by atoms with Gasteiger partial charge in [-0.2, -0.15) is 0 Å². The van der Waals surface area contributed by atoms with Gasteiger partial charge in [0, 0.05) is 24.7 Å². The highest BCUT2D eigenvalue weighted by atomic mass is 16.2. The Morgan fingerprint density at radius 2 is 1.72 bits per heavy atom. The van der Waals surface area contributed by atoms with Crippen molar-refractivity contribution in [2.24, 2.45) is 0 Å². The molecule has 2 aromatic carbocycles. The van der Waals surface area contributed by atoms with Gasteiger partial charge in [0.2, 0.25) is 0 Å². The van der Waals surface area contributed by atoms with E-state index >= 15 is 0 Å². The minimum atomic E-state index is -0.287. The predicted octanol–water partition coefficient (Wildman–Crippen LogP) is 4.20. The third-order valence-corrected chi connectivity index (χ3v) is 5.67. The molecule has 2 aromatic rings. The summed E-state index contributed by atoms with van der Waals surface area (Å²) in [6.07, 6.45) is 3.70. The van der Waals surface area contributed by atoms with Gasteiger partial charge < -0.3 is 4.90 Å². The molecule has 3 amide bonds. The zero-order valence-electron chi connectivity index (χ0n) is 17.0. The van der Waals surface area contributed by atoms with Crippen LogP contribution in [0.2, 0.25) is 0 Å². The van der Waals surface area contributed by atoms with E-state index in [2.05, 4.69) is 24.3 Å². The van der Waals surface area contributed by atoms with Gasteiger partial charge >= 0.3 is 0 Å². The number of fused-ring (bicyclic) bond motifs is 1. The van der Waals surface area contributed by atoms with E-state index in [4.69, 9.17) is 0 Å². The highest BCUT2D eigenvalue weighted by Gasteiger charge is 2.37. The van der Waals surface area contributed by atoms with Crippen LogP contribution in [0.4, 0.5) is 0 Å². The van der Waals surface area contributed by atoms with Crippen molar-refractivity contribution in [3.05, 3.63) is 70.3 Å². The molecule has 0 radical (unpaired) electrons. The second kappa shape index (κ2) is 7.82. The Morgan fingerprint density at radius 3 is 2.38 bits per heavy atom. The second-order valence-corrected chi connectivity index (χ2v) is 8.03. The monoisotopic (exact) mass is 390 g/mol. The Balaban J connectivity index is 1.57. The lowest BCUT2D eigenvalue weighted by molar-refractivity contribution is 0.0651. The van der Waals surface area contributed by atoms with Crippen molar-refractivity contribution in [3.8, 4) is 0 Å². The zero-order valence-corrected chi connectivity index (χ0v) is 17.0. The fourth-order valence-corrected chi connectivity index (χ4v) is 3.75. The molecule has 0 bridgehead atoms. The number of imide groups is 1. The summed E-state index contributed by atoms with van der Waals surface area (Å²) >= 11 is 0. The van der Waals surface area contributed by atoms with Gasteiger partial charge in [-0.25, -0.2) is 0 Å². The molecule has 4 rings (SSSR count). The molecular weight excluding hydrogens is 364 g/mol. The Bertz CT molecular complexity index is 961. The molecule has 1 aliphatic carbocycles. The maximum absolute atomic E-state index is 13.3. The molecule has 0 N–H and O–H groups in total. The number of unbranched alkanes of at least 4 members (excludes halogenated alkanes) is 1. The summed E-state index contributed by atoms with van der Waals surface area (Å²) in [6.45, 7) is 5.04. The highest BCUT2D eigenvalue weighted by molar-refractivity contribution is 6.22. The number of benzene rings is 2. The Hall–Kier alpha value is -2.95. The van der Waals surface area contributed by atoms with Crippen molar-refractivity contribution < 1.29 is 14.4 Å². The molecule has 0 aromatic heterocycles. The summed E-state index contributed by atoms with van der Waals surface area (Å²) < 4.78 is 0. The highest BCUT2D eigenvalue weighted by Crippen LogP contribution is 2.31. The van der Waals surface area contributed by atoms with Gasteiger partial charge in [-0.05, 0) is 49.9 Å². The zero-order chi connectivity index (χ0) is 20.5. The van der Waals surface area contributed by atoms with Crippen molar-refractivity contribution >= 4 is 17.7 Å². The van der Waals surface area contributed by atoms with Crippen LogP contribution >= 0.6 is 0 Å². The van der Waals surface area contributed by atoms with Gasteiger partial charge in [0.1, 0.15) is 0 Å². The molecule has 2 aliphatic rings. The van der Waals surface area contributed by atoms with Gasteiger partial charge in [-0.1, -0.05) is 43.2 Å². The molecule has 0 unspecified atom stereocenters. The van der Waals surface area contributed by atoms with Crippen molar-refractivity contribution in [1.29, 1.82) is 0 Å². The number of amides is 3. The van der Waals surface area contributed by atoms with Gasteiger partial charge in [-0.3, -0.25) is 19.3 Å². The summed E-state index contributed by atoms with van der Waals surface area (Å²) in [5.74, 6) is -0.621. The summed E-state index contributed by atoms with van der Waals surface area (Å²) in [7, 11) is 0. The van der Waals surface area contributed by atoms with E-state index in [9.17, 15) is 14.4 Å². The molecule has 5 nitrogen and oxygen atoms in total. The second-order valence-electron chi connectivity index (χ2n) is 8.03. The Labute approximate surface area is 171 Å². The standard InChI is InChI=1S/C24H26N2O3/c1-3-4-13-25-23(28)20-12-9-18(14-21(20)24(25)29)22(27)26(19-10-11-19)15-17-7-5-16(2)6-8-17/h5-9,12,14,19H,3-4,10-11,13,15H2,1-2H3. The largest absolute Gasteiger partial charge is 0.331 e. The normalized spacial score (nSPS) is 15.6. The van der Waals surface area contributed by atoms with Crippen LogP contribution in [0, 0.1) is 6.92 Å². The van der Waals surface area contributed by atoms with Crippen molar-refractivity contribution in [3.63, 3.8) is 0 Å². The average Bonchev–Trinajstić information content (AvgIpc) is 3.54. The quantitative estimate of drug-likeness (QED) is 0.666. The molecule has 1 fully saturated rings. The first kappa shape index (κ1) is 19.4. The van der Waals surface area contributed by atoms with E-state index in [1.54, 1.807) is 18.2 Å². The number of nitrogens with zero attached hydrogens (tertiary/aromatic N) is 2. The summed E-state index contributed by atoms with van der Waals surface area (Å²) in [5.41, 5.74) is 3.50. The van der Waals surface area contributed by atoms with Crippen LogP contribution in [0.5, 0.6) is 0 Å². The maximum atomic E-state index is 13.3. The number of carbonyl (C=O) groups excluding carboxylic acids is 3. The first-order chi connectivity index (χ1) is 14.0. The van der Waals surface area contributed by atoms with E-state index in [-0.39, 0.29) is 23.8 Å². The molecule has 0 atom stereocenters. The molecule has 1 saturated carbocycles. The molecule has 29 heavy (non-hydrogen) atoms. The van der Waals surface area contributed by atoms with Crippen LogP contribution in [0.15, 0.2) is 42.5 Å². The number of hydrogen-bond acceptors (Lipinski definition) is 3. The van der Waals surface area contributed by atoms with Crippen molar-refractivity contribution in [2.75, 3.05) is 6.54 Å². The average molecular weight is 390 g/mol. The number of rotatable bonds is 7. The topological polar surface area (TPSA) is 57.7 Å². The third-order valence-electron chi connectivity index (χ3n) is 5.67. The lowest BCUT2D eigenvalue weighted by Gasteiger charge is -2.23. The lowest BCUT2D eigenvalue weighted by atomic mass is 10.0. The number of carbonyl (C=O) groups is 3. The first-order valence-corrected chi connectivity index (χ1v) is 10.4. The maximum Gasteiger partial charge on any atom is 0.261 e. The van der Waals surface area contributed by atoms with Crippen molar-refractivity contribution in [1.82, 2.24) is 9.80 Å². The van der Waals surface area contributed by atoms with E-state index in [0.29, 0.717) is 29.8 Å². The third kappa shape index (κ3) is 3.82. The SMILES string of the molecule is CCCCN1C(=O)c2ccc(C(=O)N(Cc3ccc(C)cc3)C3CC3)cc2C1=O. The van der Waals surface area contributed by atoms with Crippen LogP contribution in [0.25, 0.3) is 0 Å². The first-order valence-electron chi connectivity index (χ1n) is 10.4. The molecule has 0 saturated heterocycles. The molecule has 1 heterocycles. The minimum Gasteiger partial charge on any atom is -0.331 e. The molecule has 5 heteroatoms. The van der Waals surface area contributed by atoms with Gasteiger partial charge in [0.05, 0.1) is 11.1 Å². The van der Waals surface area contributed by atoms with Gasteiger partial charge in [0.15, 0.2) is 0 Å².